The maximum Gasteiger partial charge on any atom is 0.317 e. The SMILES string of the molecule is O=C(NC1CC1)N1CC(O)C(CO)C1. The van der Waals surface area contributed by atoms with Gasteiger partial charge in [0.15, 0.2) is 0 Å². The van der Waals surface area contributed by atoms with Crippen LogP contribution in [0.25, 0.3) is 0 Å². The van der Waals surface area contributed by atoms with Crippen LogP contribution in [0, 0.1) is 5.92 Å². The van der Waals surface area contributed by atoms with Crippen LogP contribution in [0.2, 0.25) is 0 Å². The molecule has 1 saturated heterocycles. The first-order chi connectivity index (χ1) is 6.70. The van der Waals surface area contributed by atoms with E-state index in [0.29, 0.717) is 19.1 Å². The summed E-state index contributed by atoms with van der Waals surface area (Å²) in [4.78, 5) is 13.1. The monoisotopic (exact) mass is 200 g/mol. The number of urea groups is 1. The Hall–Kier alpha value is -0.810. The molecular formula is C9H16N2O3. The van der Waals surface area contributed by atoms with Crippen molar-refractivity contribution < 1.29 is 15.0 Å². The highest BCUT2D eigenvalue weighted by Gasteiger charge is 2.35. The molecule has 2 unspecified atom stereocenters. The number of aliphatic hydroxyl groups excluding tert-OH is 2. The molecule has 2 aliphatic rings. The molecule has 0 radical (unpaired) electrons. The fourth-order valence-corrected chi connectivity index (χ4v) is 1.69. The summed E-state index contributed by atoms with van der Waals surface area (Å²) in [5.74, 6) is -0.181. The molecule has 1 aliphatic heterocycles. The molecule has 80 valence electrons. The van der Waals surface area contributed by atoms with E-state index in [9.17, 15) is 9.90 Å². The van der Waals surface area contributed by atoms with Crippen molar-refractivity contribution in [1.82, 2.24) is 10.2 Å². The molecule has 0 spiro atoms. The second-order valence-corrected chi connectivity index (χ2v) is 4.14. The third-order valence-electron chi connectivity index (χ3n) is 2.83. The van der Waals surface area contributed by atoms with Crippen molar-refractivity contribution in [2.75, 3.05) is 19.7 Å². The van der Waals surface area contributed by atoms with Gasteiger partial charge in [-0.3, -0.25) is 0 Å². The number of amides is 2. The van der Waals surface area contributed by atoms with Gasteiger partial charge < -0.3 is 20.4 Å². The average molecular weight is 200 g/mol. The van der Waals surface area contributed by atoms with Gasteiger partial charge in [0.05, 0.1) is 12.7 Å². The maximum absolute atomic E-state index is 11.5. The van der Waals surface area contributed by atoms with Crippen LogP contribution in [-0.4, -0.2) is 53.0 Å². The van der Waals surface area contributed by atoms with E-state index < -0.39 is 6.10 Å². The van der Waals surface area contributed by atoms with Crippen LogP contribution in [0.3, 0.4) is 0 Å². The predicted molar refractivity (Wildman–Crippen MR) is 49.7 cm³/mol. The Morgan fingerprint density at radius 1 is 1.43 bits per heavy atom. The summed E-state index contributed by atoms with van der Waals surface area (Å²) in [6, 6.07) is 0.232. The van der Waals surface area contributed by atoms with Crippen molar-refractivity contribution in [3.8, 4) is 0 Å². The third kappa shape index (κ3) is 1.99. The van der Waals surface area contributed by atoms with Crippen LogP contribution in [0.1, 0.15) is 12.8 Å². The Balaban J connectivity index is 1.83. The molecular weight excluding hydrogens is 184 g/mol. The lowest BCUT2D eigenvalue weighted by atomic mass is 10.1. The standard InChI is InChI=1S/C9H16N2O3/c12-5-6-3-11(4-8(6)13)9(14)10-7-1-2-7/h6-8,12-13H,1-5H2,(H,10,14). The molecule has 0 bridgehead atoms. The van der Waals surface area contributed by atoms with Crippen molar-refractivity contribution in [3.63, 3.8) is 0 Å². The third-order valence-corrected chi connectivity index (χ3v) is 2.83. The second-order valence-electron chi connectivity index (χ2n) is 4.14. The van der Waals surface area contributed by atoms with Crippen LogP contribution < -0.4 is 5.32 Å². The minimum absolute atomic E-state index is 0.0611. The largest absolute Gasteiger partial charge is 0.396 e. The highest BCUT2D eigenvalue weighted by molar-refractivity contribution is 5.75. The van der Waals surface area contributed by atoms with Crippen molar-refractivity contribution >= 4 is 6.03 Å². The van der Waals surface area contributed by atoms with Crippen molar-refractivity contribution in [1.29, 1.82) is 0 Å². The molecule has 1 saturated carbocycles. The van der Waals surface area contributed by atoms with Crippen LogP contribution in [0.5, 0.6) is 0 Å². The zero-order chi connectivity index (χ0) is 10.1. The molecule has 0 aromatic carbocycles. The molecule has 0 aromatic rings. The van der Waals surface area contributed by atoms with Crippen LogP contribution in [0.4, 0.5) is 4.79 Å². The molecule has 2 atom stereocenters. The van der Waals surface area contributed by atoms with Crippen LogP contribution in [-0.2, 0) is 0 Å². The molecule has 1 heterocycles. The van der Waals surface area contributed by atoms with E-state index in [1.165, 1.54) is 0 Å². The van der Waals surface area contributed by atoms with E-state index in [2.05, 4.69) is 5.32 Å². The van der Waals surface area contributed by atoms with Gasteiger partial charge in [0.25, 0.3) is 0 Å². The molecule has 2 rings (SSSR count). The Kier molecular flexibility index (Phi) is 2.60. The highest BCUT2D eigenvalue weighted by Crippen LogP contribution is 2.21. The Morgan fingerprint density at radius 2 is 2.14 bits per heavy atom. The number of hydrogen-bond acceptors (Lipinski definition) is 3. The van der Waals surface area contributed by atoms with Crippen molar-refractivity contribution in [3.05, 3.63) is 0 Å². The molecule has 2 amide bonds. The first-order valence-corrected chi connectivity index (χ1v) is 5.05. The number of nitrogens with one attached hydrogen (secondary N) is 1. The maximum atomic E-state index is 11.5. The van der Waals surface area contributed by atoms with E-state index in [1.54, 1.807) is 4.90 Å². The fraction of sp³-hybridized carbons (Fsp3) is 0.889. The Morgan fingerprint density at radius 3 is 2.64 bits per heavy atom. The summed E-state index contributed by atoms with van der Waals surface area (Å²) in [6.45, 7) is 0.731. The zero-order valence-electron chi connectivity index (χ0n) is 8.02. The van der Waals surface area contributed by atoms with Crippen molar-refractivity contribution in [2.24, 2.45) is 5.92 Å². The van der Waals surface area contributed by atoms with Gasteiger partial charge in [0.2, 0.25) is 0 Å². The number of aliphatic hydroxyl groups is 2. The van der Waals surface area contributed by atoms with Gasteiger partial charge in [-0.2, -0.15) is 0 Å². The number of carbonyl (C=O) groups is 1. The molecule has 0 aromatic heterocycles. The molecule has 2 fully saturated rings. The van der Waals surface area contributed by atoms with Gasteiger partial charge in [0, 0.05) is 25.0 Å². The number of likely N-dealkylation sites (tertiary alicyclic amines) is 1. The van der Waals surface area contributed by atoms with E-state index in [4.69, 9.17) is 5.11 Å². The van der Waals surface area contributed by atoms with E-state index in [-0.39, 0.29) is 18.6 Å². The molecule has 3 N–H and O–H groups in total. The molecule has 5 heteroatoms. The van der Waals surface area contributed by atoms with E-state index >= 15 is 0 Å². The van der Waals surface area contributed by atoms with Gasteiger partial charge in [-0.1, -0.05) is 0 Å². The van der Waals surface area contributed by atoms with Gasteiger partial charge >= 0.3 is 6.03 Å². The summed E-state index contributed by atoms with van der Waals surface area (Å²) in [5, 5.41) is 21.2. The Labute approximate surface area is 82.7 Å². The molecule has 1 aliphatic carbocycles. The highest BCUT2D eigenvalue weighted by atomic mass is 16.3. The summed E-state index contributed by atoms with van der Waals surface area (Å²) in [7, 11) is 0. The number of carbonyl (C=O) groups excluding carboxylic acids is 1. The lowest BCUT2D eigenvalue weighted by Crippen LogP contribution is -2.40. The van der Waals surface area contributed by atoms with E-state index in [0.717, 1.165) is 12.8 Å². The number of nitrogens with zero attached hydrogens (tertiary/aromatic N) is 1. The summed E-state index contributed by atoms with van der Waals surface area (Å²) < 4.78 is 0. The van der Waals surface area contributed by atoms with Gasteiger partial charge in [-0.25, -0.2) is 4.79 Å². The summed E-state index contributed by atoms with van der Waals surface area (Å²) in [5.41, 5.74) is 0. The van der Waals surface area contributed by atoms with Crippen LogP contribution >= 0.6 is 0 Å². The topological polar surface area (TPSA) is 72.8 Å². The summed E-state index contributed by atoms with van der Waals surface area (Å²) >= 11 is 0. The predicted octanol–water partition coefficient (Wildman–Crippen LogP) is -0.857. The van der Waals surface area contributed by atoms with Crippen molar-refractivity contribution in [2.45, 2.75) is 25.0 Å². The fourth-order valence-electron chi connectivity index (χ4n) is 1.69. The number of hydrogen-bond donors (Lipinski definition) is 3. The van der Waals surface area contributed by atoms with Gasteiger partial charge in [0.1, 0.15) is 0 Å². The van der Waals surface area contributed by atoms with Crippen LogP contribution in [0.15, 0.2) is 0 Å². The minimum Gasteiger partial charge on any atom is -0.396 e. The first kappa shape index (κ1) is 9.73. The summed E-state index contributed by atoms with van der Waals surface area (Å²) in [6.07, 6.45) is 1.54. The van der Waals surface area contributed by atoms with Gasteiger partial charge in [-0.05, 0) is 12.8 Å². The molecule has 14 heavy (non-hydrogen) atoms. The first-order valence-electron chi connectivity index (χ1n) is 5.05. The van der Waals surface area contributed by atoms with E-state index in [1.807, 2.05) is 0 Å². The second kappa shape index (κ2) is 3.74. The quantitative estimate of drug-likeness (QED) is 0.543. The minimum atomic E-state index is -0.579. The number of rotatable bonds is 2. The smallest absolute Gasteiger partial charge is 0.317 e. The Bertz CT molecular complexity index is 230. The number of β-amino-alcohol motifs (C(OH)–C–C–N with tert-alkyl or cyclic N) is 1. The lowest BCUT2D eigenvalue weighted by Gasteiger charge is -2.16. The lowest BCUT2D eigenvalue weighted by molar-refractivity contribution is 0.103. The average Bonchev–Trinajstić information content (AvgIpc) is 2.87. The van der Waals surface area contributed by atoms with Gasteiger partial charge in [-0.15, -0.1) is 0 Å². The molecule has 5 nitrogen and oxygen atoms in total. The zero-order valence-corrected chi connectivity index (χ0v) is 8.02. The normalized spacial score (nSPS) is 32.0.